The Bertz CT molecular complexity index is 600. The number of carbonyl (C=O) groups excluding carboxylic acids is 1. The van der Waals surface area contributed by atoms with Gasteiger partial charge >= 0.3 is 0 Å². The number of amides is 1. The smallest absolute Gasteiger partial charge is 0.293 e. The fourth-order valence-electron chi connectivity index (χ4n) is 2.84. The van der Waals surface area contributed by atoms with Crippen molar-refractivity contribution in [3.05, 3.63) is 33.9 Å². The van der Waals surface area contributed by atoms with Crippen LogP contribution >= 0.6 is 0 Å². The highest BCUT2D eigenvalue weighted by atomic mass is 16.6. The first-order valence-corrected chi connectivity index (χ1v) is 8.64. The molecule has 8 heteroatoms. The number of hydrogen-bond acceptors (Lipinski definition) is 6. The molecule has 1 aliphatic rings. The van der Waals surface area contributed by atoms with Gasteiger partial charge in [-0.2, -0.15) is 0 Å². The lowest BCUT2D eigenvalue weighted by molar-refractivity contribution is -0.384. The van der Waals surface area contributed by atoms with Gasteiger partial charge in [0.25, 0.3) is 11.6 Å². The van der Waals surface area contributed by atoms with E-state index < -0.39 is 4.92 Å². The minimum atomic E-state index is -0.425. The molecule has 1 saturated heterocycles. The monoisotopic (exact) mass is 350 g/mol. The molecule has 1 fully saturated rings. The predicted octanol–water partition coefficient (Wildman–Crippen LogP) is 1.24. The van der Waals surface area contributed by atoms with E-state index in [4.69, 9.17) is 5.11 Å². The molecule has 1 aromatic carbocycles. The maximum absolute atomic E-state index is 12.2. The summed E-state index contributed by atoms with van der Waals surface area (Å²) in [5.74, 6) is -0.308. The number of rotatable bonds is 8. The van der Waals surface area contributed by atoms with Gasteiger partial charge in [-0.05, 0) is 38.4 Å². The van der Waals surface area contributed by atoms with E-state index in [2.05, 4.69) is 10.2 Å². The van der Waals surface area contributed by atoms with Gasteiger partial charge in [-0.1, -0.05) is 0 Å². The maximum atomic E-state index is 12.2. The molecule has 2 N–H and O–H groups in total. The van der Waals surface area contributed by atoms with Crippen molar-refractivity contribution in [1.82, 2.24) is 10.2 Å². The number of piperazine rings is 1. The zero-order valence-electron chi connectivity index (χ0n) is 14.6. The van der Waals surface area contributed by atoms with Crippen LogP contribution in [0.25, 0.3) is 0 Å². The van der Waals surface area contributed by atoms with Crippen molar-refractivity contribution >= 4 is 17.3 Å². The summed E-state index contributed by atoms with van der Waals surface area (Å²) in [6, 6.07) is 4.67. The van der Waals surface area contributed by atoms with Crippen molar-refractivity contribution in [3.8, 4) is 0 Å². The molecule has 0 atom stereocenters. The number of aliphatic hydroxyl groups is 1. The lowest BCUT2D eigenvalue weighted by atomic mass is 10.1. The van der Waals surface area contributed by atoms with Gasteiger partial charge < -0.3 is 20.2 Å². The third-order valence-electron chi connectivity index (χ3n) is 4.40. The number of aliphatic hydroxyl groups excluding tert-OH is 1. The highest BCUT2D eigenvalue weighted by molar-refractivity contribution is 5.95. The highest BCUT2D eigenvalue weighted by Gasteiger charge is 2.24. The topological polar surface area (TPSA) is 99.0 Å². The second-order valence-electron chi connectivity index (χ2n) is 6.29. The number of benzene rings is 1. The van der Waals surface area contributed by atoms with Crippen molar-refractivity contribution in [2.75, 3.05) is 51.3 Å². The Morgan fingerprint density at radius 1 is 1.24 bits per heavy atom. The van der Waals surface area contributed by atoms with Gasteiger partial charge in [-0.25, -0.2) is 0 Å². The standard InChI is InChI=1S/C17H26N4O4/c1-19-8-10-20(11-9-19)15-6-5-14(13-16(15)21(24)25)17(23)18-7-3-2-4-12-22/h5-6,13,22H,2-4,7-12H2,1H3,(H,18,23). The Morgan fingerprint density at radius 2 is 1.96 bits per heavy atom. The number of hydrogen-bond donors (Lipinski definition) is 2. The normalized spacial score (nSPS) is 15.2. The molecule has 25 heavy (non-hydrogen) atoms. The van der Waals surface area contributed by atoms with Gasteiger partial charge in [0.1, 0.15) is 5.69 Å². The summed E-state index contributed by atoms with van der Waals surface area (Å²) in [6.07, 6.45) is 2.31. The van der Waals surface area contributed by atoms with Crippen molar-refractivity contribution in [1.29, 1.82) is 0 Å². The Kier molecular flexibility index (Phi) is 7.15. The molecule has 138 valence electrons. The van der Waals surface area contributed by atoms with Crippen LogP contribution in [0.3, 0.4) is 0 Å². The molecule has 8 nitrogen and oxygen atoms in total. The van der Waals surface area contributed by atoms with E-state index >= 15 is 0 Å². The molecule has 0 spiro atoms. The first-order valence-electron chi connectivity index (χ1n) is 8.64. The zero-order valence-corrected chi connectivity index (χ0v) is 14.6. The van der Waals surface area contributed by atoms with Crippen LogP contribution in [0, 0.1) is 10.1 Å². The third kappa shape index (κ3) is 5.40. The van der Waals surface area contributed by atoms with Crippen molar-refractivity contribution in [2.45, 2.75) is 19.3 Å². The predicted molar refractivity (Wildman–Crippen MR) is 96.1 cm³/mol. The van der Waals surface area contributed by atoms with Gasteiger partial charge in [0.15, 0.2) is 0 Å². The summed E-state index contributed by atoms with van der Waals surface area (Å²) in [6.45, 7) is 3.81. The molecule has 0 unspecified atom stereocenters. The molecule has 0 radical (unpaired) electrons. The van der Waals surface area contributed by atoms with Crippen LogP contribution in [-0.4, -0.2) is 67.2 Å². The van der Waals surface area contributed by atoms with E-state index in [9.17, 15) is 14.9 Å². The van der Waals surface area contributed by atoms with Crippen molar-refractivity contribution < 1.29 is 14.8 Å². The van der Waals surface area contributed by atoms with Crippen LogP contribution in [0.4, 0.5) is 11.4 Å². The quantitative estimate of drug-likeness (QED) is 0.416. The summed E-state index contributed by atoms with van der Waals surface area (Å²) >= 11 is 0. The minimum absolute atomic E-state index is 0.0301. The third-order valence-corrected chi connectivity index (χ3v) is 4.40. The van der Waals surface area contributed by atoms with Gasteiger partial charge in [-0.15, -0.1) is 0 Å². The molecule has 1 heterocycles. The summed E-state index contributed by atoms with van der Waals surface area (Å²) < 4.78 is 0. The second-order valence-corrected chi connectivity index (χ2v) is 6.29. The molecular weight excluding hydrogens is 324 g/mol. The van der Waals surface area contributed by atoms with E-state index in [0.29, 0.717) is 24.2 Å². The number of carbonyl (C=O) groups is 1. The fourth-order valence-corrected chi connectivity index (χ4v) is 2.84. The van der Waals surface area contributed by atoms with E-state index in [1.807, 2.05) is 11.9 Å². The maximum Gasteiger partial charge on any atom is 0.293 e. The Balaban J connectivity index is 2.05. The second kappa shape index (κ2) is 9.33. The lowest BCUT2D eigenvalue weighted by Gasteiger charge is -2.33. The first kappa shape index (κ1) is 19.1. The van der Waals surface area contributed by atoms with E-state index in [1.54, 1.807) is 12.1 Å². The molecule has 1 aromatic rings. The van der Waals surface area contributed by atoms with Gasteiger partial charge in [0, 0.05) is 51.0 Å². The molecular formula is C17H26N4O4. The van der Waals surface area contributed by atoms with Gasteiger partial charge in [0.2, 0.25) is 0 Å². The number of unbranched alkanes of at least 4 members (excludes halogenated alkanes) is 2. The molecule has 1 amide bonds. The SMILES string of the molecule is CN1CCN(c2ccc(C(=O)NCCCCCO)cc2[N+](=O)[O-])CC1. The summed E-state index contributed by atoms with van der Waals surface area (Å²) in [5.41, 5.74) is 0.835. The van der Waals surface area contributed by atoms with Crippen LogP contribution in [0.15, 0.2) is 18.2 Å². The van der Waals surface area contributed by atoms with Gasteiger partial charge in [-0.3, -0.25) is 14.9 Å². The average molecular weight is 350 g/mol. The molecule has 2 rings (SSSR count). The molecule has 0 aliphatic carbocycles. The summed E-state index contributed by atoms with van der Waals surface area (Å²) in [7, 11) is 2.03. The van der Waals surface area contributed by atoms with Crippen LogP contribution in [0.2, 0.25) is 0 Å². The average Bonchev–Trinajstić information content (AvgIpc) is 2.61. The zero-order chi connectivity index (χ0) is 18.2. The largest absolute Gasteiger partial charge is 0.396 e. The number of nitro groups is 1. The van der Waals surface area contributed by atoms with E-state index in [0.717, 1.165) is 39.0 Å². The number of anilines is 1. The van der Waals surface area contributed by atoms with Crippen LogP contribution in [0.1, 0.15) is 29.6 Å². The van der Waals surface area contributed by atoms with Crippen molar-refractivity contribution in [2.24, 2.45) is 0 Å². The Labute approximate surface area is 147 Å². The molecule has 0 aromatic heterocycles. The van der Waals surface area contributed by atoms with E-state index in [1.165, 1.54) is 6.07 Å². The molecule has 1 aliphatic heterocycles. The molecule has 0 bridgehead atoms. The minimum Gasteiger partial charge on any atom is -0.396 e. The summed E-state index contributed by atoms with van der Waals surface area (Å²) in [4.78, 5) is 27.4. The van der Waals surface area contributed by atoms with Crippen LogP contribution in [0.5, 0.6) is 0 Å². The van der Waals surface area contributed by atoms with E-state index in [-0.39, 0.29) is 18.2 Å². The number of nitro benzene ring substituents is 1. The Hall–Kier alpha value is -2.19. The van der Waals surface area contributed by atoms with Crippen molar-refractivity contribution in [3.63, 3.8) is 0 Å². The number of nitrogens with one attached hydrogen (secondary N) is 1. The van der Waals surface area contributed by atoms with Crippen LogP contribution < -0.4 is 10.2 Å². The fraction of sp³-hybridized carbons (Fsp3) is 0.588. The summed E-state index contributed by atoms with van der Waals surface area (Å²) in [5, 5.41) is 22.9. The first-order chi connectivity index (χ1) is 12.0. The van der Waals surface area contributed by atoms with Gasteiger partial charge in [0.05, 0.1) is 4.92 Å². The molecule has 0 saturated carbocycles. The number of nitrogens with zero attached hydrogens (tertiary/aromatic N) is 3. The number of likely N-dealkylation sites (N-methyl/N-ethyl adjacent to an activating group) is 1. The van der Waals surface area contributed by atoms with Crippen LogP contribution in [-0.2, 0) is 0 Å². The lowest BCUT2D eigenvalue weighted by Crippen LogP contribution is -2.44. The Morgan fingerprint density at radius 3 is 2.60 bits per heavy atom. The highest BCUT2D eigenvalue weighted by Crippen LogP contribution is 2.30.